The van der Waals surface area contributed by atoms with Crippen LogP contribution in [0.3, 0.4) is 0 Å². The molecule has 0 spiro atoms. The number of carbonyl (C=O) groups is 3. The lowest BCUT2D eigenvalue weighted by atomic mass is 10.1. The van der Waals surface area contributed by atoms with E-state index >= 15 is 0 Å². The van der Waals surface area contributed by atoms with Gasteiger partial charge in [0.2, 0.25) is 0 Å². The third-order valence-electron chi connectivity index (χ3n) is 13.0. The van der Waals surface area contributed by atoms with Crippen molar-refractivity contribution in [2.24, 2.45) is 0 Å². The molecule has 5 atom stereocenters. The monoisotopic (exact) mass is 1290 g/mol. The van der Waals surface area contributed by atoms with Crippen LogP contribution in [0.1, 0.15) is 226 Å². The lowest BCUT2D eigenvalue weighted by Gasteiger charge is -2.21. The van der Waals surface area contributed by atoms with E-state index in [0.29, 0.717) is 19.3 Å². The fourth-order valence-electron chi connectivity index (χ4n) is 8.00. The first-order valence-corrected chi connectivity index (χ1v) is 36.1. The Labute approximate surface area is 537 Å². The Morgan fingerprint density at radius 1 is 0.326 bits per heavy atom. The standard InChI is InChI=1S/C71H116O16P2/c1-4-7-10-13-16-19-22-25-28-30-31-32-33-35-38-39-42-45-48-51-54-57-69(74)81-60-66(72)61-83-88(77,78)84-62-67(73)63-85-89(79,80)86-65-68(87-71(76)59-56-53-50-47-44-41-36-27-24-21-18-15-12-9-6-3)64-82-70(75)58-55-52-49-46-43-40-37-34-29-26-23-20-17-14-11-8-5-2/h7-8,10-11,16-21,25-29,31-32,35-38,40,42,45,66-68,72-73H,4-6,9,12-15,22-24,30,33-34,39,41,43-44,46-65H2,1-3H3,(H,77,78)(H,79,80)/b10-7-,11-8-,19-16-,20-17-,21-18-,28-25-,29-26-,32-31-,36-27-,38-35-,40-37-,45-42-. The molecule has 0 fully saturated rings. The molecule has 0 aromatic rings. The van der Waals surface area contributed by atoms with Crippen LogP contribution in [0.2, 0.25) is 0 Å². The molecule has 0 rings (SSSR count). The average Bonchev–Trinajstić information content (AvgIpc) is 3.63. The van der Waals surface area contributed by atoms with Gasteiger partial charge in [-0.2, -0.15) is 0 Å². The summed E-state index contributed by atoms with van der Waals surface area (Å²) in [7, 11) is -9.81. The summed E-state index contributed by atoms with van der Waals surface area (Å²) in [5.41, 5.74) is 0. The molecule has 5 unspecified atom stereocenters. The Bertz CT molecular complexity index is 2210. The number of esters is 3. The van der Waals surface area contributed by atoms with Gasteiger partial charge in [-0.25, -0.2) is 9.13 Å². The fraction of sp³-hybridized carbons (Fsp3) is 0.620. The number of ether oxygens (including phenoxy) is 3. The number of hydrogen-bond donors (Lipinski definition) is 4. The van der Waals surface area contributed by atoms with Crippen molar-refractivity contribution in [3.63, 3.8) is 0 Å². The zero-order valence-corrected chi connectivity index (χ0v) is 56.3. The number of unbranched alkanes of at least 4 members (excludes halogenated alkanes) is 14. The Kier molecular flexibility index (Phi) is 60.3. The number of aliphatic hydroxyl groups is 2. The van der Waals surface area contributed by atoms with Crippen LogP contribution in [-0.2, 0) is 55.8 Å². The van der Waals surface area contributed by atoms with E-state index in [0.717, 1.165) is 148 Å². The molecule has 0 aromatic heterocycles. The summed E-state index contributed by atoms with van der Waals surface area (Å²) in [5.74, 6) is -1.67. The second-order valence-corrected chi connectivity index (χ2v) is 24.4. The predicted octanol–water partition coefficient (Wildman–Crippen LogP) is 18.2. The molecule has 0 saturated carbocycles. The summed E-state index contributed by atoms with van der Waals surface area (Å²) in [6, 6.07) is 0. The van der Waals surface area contributed by atoms with Crippen LogP contribution in [0.25, 0.3) is 0 Å². The first kappa shape index (κ1) is 84.4. The summed E-state index contributed by atoms with van der Waals surface area (Å²) in [6.07, 6.45) is 74.7. The second-order valence-electron chi connectivity index (χ2n) is 21.5. The van der Waals surface area contributed by atoms with Crippen LogP contribution in [0.5, 0.6) is 0 Å². The van der Waals surface area contributed by atoms with Crippen LogP contribution in [0.4, 0.5) is 0 Å². The number of aliphatic hydroxyl groups excluding tert-OH is 2. The predicted molar refractivity (Wildman–Crippen MR) is 362 cm³/mol. The maximum absolute atomic E-state index is 12.9. The molecule has 4 N–H and O–H groups in total. The number of hydrogen-bond acceptors (Lipinski definition) is 14. The molecule has 0 aliphatic carbocycles. The number of phosphoric ester groups is 2. The number of phosphoric acid groups is 2. The van der Waals surface area contributed by atoms with Crippen molar-refractivity contribution in [3.8, 4) is 0 Å². The SMILES string of the molecule is CC/C=C\C/C=C\C/C=C\C/C=C\C/C=C\C/C=C\CCCCC(=O)OCC(O)COP(=O)(O)OCC(O)COP(=O)(O)OCC(COC(=O)CCCCCC/C=C\C/C=C\C/C=C\C/C=C\CC)OC(=O)CCCCCCC/C=C\C/C=C\CCCCC. The zero-order valence-electron chi connectivity index (χ0n) is 54.5. The highest BCUT2D eigenvalue weighted by molar-refractivity contribution is 7.47. The zero-order chi connectivity index (χ0) is 65.3. The molecule has 89 heavy (non-hydrogen) atoms. The Morgan fingerprint density at radius 2 is 0.596 bits per heavy atom. The molecule has 0 aliphatic rings. The summed E-state index contributed by atoms with van der Waals surface area (Å²) in [6.45, 7) is 2.28. The second kappa shape index (κ2) is 63.6. The maximum Gasteiger partial charge on any atom is 0.472 e. The van der Waals surface area contributed by atoms with Gasteiger partial charge < -0.3 is 34.2 Å². The fourth-order valence-corrected chi connectivity index (χ4v) is 9.59. The lowest BCUT2D eigenvalue weighted by molar-refractivity contribution is -0.161. The van der Waals surface area contributed by atoms with Crippen molar-refractivity contribution in [2.75, 3.05) is 39.6 Å². The van der Waals surface area contributed by atoms with Crippen LogP contribution < -0.4 is 0 Å². The molecule has 0 heterocycles. The molecule has 18 heteroatoms. The smallest absolute Gasteiger partial charge is 0.463 e. The van der Waals surface area contributed by atoms with E-state index in [4.69, 9.17) is 32.3 Å². The number of rotatable bonds is 61. The van der Waals surface area contributed by atoms with Gasteiger partial charge in [0.1, 0.15) is 25.4 Å². The quantitative estimate of drug-likeness (QED) is 0.0146. The summed E-state index contributed by atoms with van der Waals surface area (Å²) in [5, 5.41) is 20.5. The third kappa shape index (κ3) is 64.8. The van der Waals surface area contributed by atoms with Crippen molar-refractivity contribution in [1.29, 1.82) is 0 Å². The summed E-state index contributed by atoms with van der Waals surface area (Å²) >= 11 is 0. The Hall–Kier alpha value is -4.57. The normalized spacial score (nSPS) is 15.2. The van der Waals surface area contributed by atoms with Gasteiger partial charge in [-0.3, -0.25) is 32.5 Å². The van der Waals surface area contributed by atoms with E-state index in [1.165, 1.54) is 19.3 Å². The highest BCUT2D eigenvalue weighted by Gasteiger charge is 2.29. The number of allylic oxidation sites excluding steroid dienone is 24. The highest BCUT2D eigenvalue weighted by Crippen LogP contribution is 2.45. The molecular weight excluding hydrogens is 1170 g/mol. The highest BCUT2D eigenvalue weighted by atomic mass is 31.2. The van der Waals surface area contributed by atoms with Gasteiger partial charge in [-0.1, -0.05) is 212 Å². The molecule has 0 aliphatic heterocycles. The largest absolute Gasteiger partial charge is 0.472 e. The minimum absolute atomic E-state index is 0.0769. The third-order valence-corrected chi connectivity index (χ3v) is 14.9. The molecule has 0 aromatic carbocycles. The molecule has 0 amide bonds. The minimum atomic E-state index is -4.94. The van der Waals surface area contributed by atoms with E-state index in [9.17, 15) is 43.5 Å². The summed E-state index contributed by atoms with van der Waals surface area (Å²) in [4.78, 5) is 58.3. The topological polar surface area (TPSA) is 231 Å². The first-order chi connectivity index (χ1) is 43.2. The van der Waals surface area contributed by atoms with Crippen molar-refractivity contribution >= 4 is 33.6 Å². The van der Waals surface area contributed by atoms with Gasteiger partial charge in [0, 0.05) is 19.3 Å². The molecular formula is C71H116O16P2. The van der Waals surface area contributed by atoms with Gasteiger partial charge in [0.05, 0.1) is 26.4 Å². The molecule has 0 radical (unpaired) electrons. The van der Waals surface area contributed by atoms with Crippen molar-refractivity contribution < 1.29 is 75.8 Å². The molecule has 506 valence electrons. The van der Waals surface area contributed by atoms with E-state index in [1.807, 2.05) is 0 Å². The first-order valence-electron chi connectivity index (χ1n) is 33.1. The van der Waals surface area contributed by atoms with Gasteiger partial charge >= 0.3 is 33.6 Å². The van der Waals surface area contributed by atoms with Gasteiger partial charge in [-0.15, -0.1) is 0 Å². The Morgan fingerprint density at radius 3 is 0.966 bits per heavy atom. The maximum atomic E-state index is 12.9. The lowest BCUT2D eigenvalue weighted by Crippen LogP contribution is -2.30. The number of carbonyl (C=O) groups excluding carboxylic acids is 3. The van der Waals surface area contributed by atoms with Crippen molar-refractivity contribution in [1.82, 2.24) is 0 Å². The van der Waals surface area contributed by atoms with E-state index in [-0.39, 0.29) is 19.3 Å². The van der Waals surface area contributed by atoms with Crippen LogP contribution in [0, 0.1) is 0 Å². The van der Waals surface area contributed by atoms with E-state index < -0.39 is 91.5 Å². The van der Waals surface area contributed by atoms with Crippen LogP contribution in [0.15, 0.2) is 146 Å². The van der Waals surface area contributed by atoms with E-state index in [2.05, 4.69) is 167 Å². The Balaban J connectivity index is 4.75. The van der Waals surface area contributed by atoms with Crippen LogP contribution in [-0.4, -0.2) is 95.9 Å². The van der Waals surface area contributed by atoms with Crippen LogP contribution >= 0.6 is 15.6 Å². The minimum Gasteiger partial charge on any atom is -0.463 e. The van der Waals surface area contributed by atoms with Crippen molar-refractivity contribution in [3.05, 3.63) is 146 Å². The average molecular weight is 1290 g/mol. The van der Waals surface area contributed by atoms with Crippen molar-refractivity contribution in [2.45, 2.75) is 245 Å². The van der Waals surface area contributed by atoms with Gasteiger partial charge in [-0.05, 0) is 141 Å². The molecule has 0 saturated heterocycles. The molecule has 0 bridgehead atoms. The summed E-state index contributed by atoms with van der Waals surface area (Å²) < 4.78 is 60.8. The van der Waals surface area contributed by atoms with E-state index in [1.54, 1.807) is 0 Å². The van der Waals surface area contributed by atoms with Gasteiger partial charge in [0.15, 0.2) is 6.10 Å². The molecule has 16 nitrogen and oxygen atoms in total. The van der Waals surface area contributed by atoms with Gasteiger partial charge in [0.25, 0.3) is 0 Å².